The Balaban J connectivity index is 1.95. The first-order valence-electron chi connectivity index (χ1n) is 12.3. The van der Waals surface area contributed by atoms with Crippen molar-refractivity contribution in [3.05, 3.63) is 35.4 Å². The largest absolute Gasteiger partial charge is 0.493 e. The molecule has 0 N–H and O–H groups in total. The van der Waals surface area contributed by atoms with Gasteiger partial charge in [0.15, 0.2) is 23.0 Å². The van der Waals surface area contributed by atoms with Crippen LogP contribution in [0.15, 0.2) is 29.9 Å². The first-order chi connectivity index (χ1) is 16.3. The Bertz CT molecular complexity index is 874. The fourth-order valence-electron chi connectivity index (χ4n) is 5.57. The molecule has 0 aromatic heterocycles. The van der Waals surface area contributed by atoms with E-state index in [0.29, 0.717) is 35.3 Å². The van der Waals surface area contributed by atoms with Gasteiger partial charge in [-0.05, 0) is 56.5 Å². The van der Waals surface area contributed by atoms with Gasteiger partial charge in [0.25, 0.3) is 0 Å². The van der Waals surface area contributed by atoms with Crippen molar-refractivity contribution in [1.82, 2.24) is 0 Å². The van der Waals surface area contributed by atoms with Gasteiger partial charge in [-0.3, -0.25) is 0 Å². The van der Waals surface area contributed by atoms with Gasteiger partial charge in [-0.1, -0.05) is 44.1 Å². The van der Waals surface area contributed by atoms with Crippen LogP contribution in [0.25, 0.3) is 0 Å². The minimum atomic E-state index is 0.137. The minimum absolute atomic E-state index is 0.137. The van der Waals surface area contributed by atoms with Gasteiger partial charge < -0.3 is 18.9 Å². The smallest absolute Gasteiger partial charge is 0.168 e. The molecule has 1 aliphatic heterocycles. The molecule has 0 radical (unpaired) electrons. The van der Waals surface area contributed by atoms with Crippen molar-refractivity contribution >= 4 is 23.5 Å². The van der Waals surface area contributed by atoms with Crippen LogP contribution in [0.3, 0.4) is 0 Å². The van der Waals surface area contributed by atoms with Crippen LogP contribution in [-0.4, -0.2) is 44.0 Å². The number of hydrogen-bond donors (Lipinski definition) is 0. The highest BCUT2D eigenvalue weighted by Gasteiger charge is 2.53. The van der Waals surface area contributed by atoms with Crippen LogP contribution in [0, 0.1) is 11.3 Å². The summed E-state index contributed by atoms with van der Waals surface area (Å²) < 4.78 is 22.8. The Labute approximate surface area is 215 Å². The van der Waals surface area contributed by atoms with Crippen LogP contribution in [0.2, 0.25) is 0 Å². The minimum Gasteiger partial charge on any atom is -0.493 e. The summed E-state index contributed by atoms with van der Waals surface area (Å²) in [6.45, 7) is 11.8. The second-order valence-corrected chi connectivity index (χ2v) is 12.8. The molecule has 1 aromatic rings. The van der Waals surface area contributed by atoms with Gasteiger partial charge in [-0.15, -0.1) is 23.5 Å². The zero-order valence-electron chi connectivity index (χ0n) is 22.0. The third-order valence-electron chi connectivity index (χ3n) is 7.69. The quantitative estimate of drug-likeness (QED) is 0.322. The molecule has 1 saturated carbocycles. The third-order valence-corrected chi connectivity index (χ3v) is 11.5. The van der Waals surface area contributed by atoms with E-state index in [1.807, 2.05) is 6.07 Å². The first-order valence-corrected chi connectivity index (χ1v) is 14.2. The Hall–Kier alpha value is -1.40. The lowest BCUT2D eigenvalue weighted by molar-refractivity contribution is 0.240. The number of methoxy groups -OCH3 is 4. The molecule has 2 aliphatic rings. The van der Waals surface area contributed by atoms with E-state index >= 15 is 0 Å². The van der Waals surface area contributed by atoms with E-state index in [2.05, 4.69) is 56.9 Å². The highest BCUT2D eigenvalue weighted by atomic mass is 32.2. The van der Waals surface area contributed by atoms with E-state index < -0.39 is 0 Å². The van der Waals surface area contributed by atoms with Gasteiger partial charge in [0.05, 0.1) is 32.5 Å². The molecule has 34 heavy (non-hydrogen) atoms. The second-order valence-electron chi connectivity index (χ2n) is 9.71. The first kappa shape index (κ1) is 27.2. The summed E-state index contributed by atoms with van der Waals surface area (Å²) >= 11 is 4.34. The maximum atomic E-state index is 5.74. The Kier molecular flexibility index (Phi) is 9.24. The van der Waals surface area contributed by atoms with Crippen molar-refractivity contribution in [3.8, 4) is 23.0 Å². The summed E-state index contributed by atoms with van der Waals surface area (Å²) in [6, 6.07) is 1.82. The van der Waals surface area contributed by atoms with Gasteiger partial charge in [0.2, 0.25) is 0 Å². The zero-order valence-corrected chi connectivity index (χ0v) is 23.7. The van der Waals surface area contributed by atoms with Crippen molar-refractivity contribution in [3.63, 3.8) is 0 Å². The molecule has 3 rings (SSSR count). The Morgan fingerprint density at radius 1 is 1.03 bits per heavy atom. The molecule has 0 bridgehead atoms. The normalized spacial score (nSPS) is 25.1. The Morgan fingerprint density at radius 3 is 2.15 bits per heavy atom. The number of allylic oxidation sites excluding steroid dienone is 3. The molecule has 1 aromatic carbocycles. The summed E-state index contributed by atoms with van der Waals surface area (Å²) in [5.74, 6) is 5.75. The highest BCUT2D eigenvalue weighted by Crippen LogP contribution is 2.63. The topological polar surface area (TPSA) is 36.9 Å². The van der Waals surface area contributed by atoms with Crippen LogP contribution in [0.5, 0.6) is 23.0 Å². The third kappa shape index (κ3) is 5.09. The van der Waals surface area contributed by atoms with Gasteiger partial charge in [0, 0.05) is 17.0 Å². The van der Waals surface area contributed by atoms with E-state index in [0.717, 1.165) is 12.0 Å². The monoisotopic (exact) mass is 506 g/mol. The number of benzene rings is 1. The van der Waals surface area contributed by atoms with Crippen LogP contribution >= 0.6 is 23.5 Å². The Morgan fingerprint density at radius 2 is 1.62 bits per heavy atom. The SMILES string of the molecule is C=C1[C@H](C)CCC[C@]1(C)C1(C/C(C)=C/Cc2c(OC)c(OC)cc(OC)c2OC)SCCCS1. The van der Waals surface area contributed by atoms with E-state index in [4.69, 9.17) is 18.9 Å². The molecule has 190 valence electrons. The summed E-state index contributed by atoms with van der Waals surface area (Å²) in [7, 11) is 6.64. The molecule has 0 unspecified atom stereocenters. The number of thioether (sulfide) groups is 2. The molecule has 1 aliphatic carbocycles. The average molecular weight is 507 g/mol. The van der Waals surface area contributed by atoms with Crippen molar-refractivity contribution in [2.75, 3.05) is 39.9 Å². The molecule has 0 spiro atoms. The number of rotatable bonds is 9. The number of hydrogen-bond acceptors (Lipinski definition) is 6. The number of ether oxygens (including phenoxy) is 4. The predicted molar refractivity (Wildman–Crippen MR) is 147 cm³/mol. The van der Waals surface area contributed by atoms with Crippen molar-refractivity contribution < 1.29 is 18.9 Å². The zero-order chi connectivity index (χ0) is 24.9. The van der Waals surface area contributed by atoms with Gasteiger partial charge in [-0.25, -0.2) is 0 Å². The maximum Gasteiger partial charge on any atom is 0.168 e. The van der Waals surface area contributed by atoms with Crippen molar-refractivity contribution in [1.29, 1.82) is 0 Å². The fourth-order valence-corrected chi connectivity index (χ4v) is 9.58. The highest BCUT2D eigenvalue weighted by molar-refractivity contribution is 8.18. The summed E-state index contributed by atoms with van der Waals surface area (Å²) in [4.78, 5) is 0. The molecular weight excluding hydrogens is 464 g/mol. The molecule has 1 saturated heterocycles. The van der Waals surface area contributed by atoms with Crippen LogP contribution in [0.1, 0.15) is 58.4 Å². The van der Waals surface area contributed by atoms with Crippen LogP contribution in [0.4, 0.5) is 0 Å². The van der Waals surface area contributed by atoms with E-state index in [-0.39, 0.29) is 9.49 Å². The lowest BCUT2D eigenvalue weighted by atomic mass is 9.64. The fraction of sp³-hybridized carbons (Fsp3) is 0.643. The van der Waals surface area contributed by atoms with Crippen molar-refractivity contribution in [2.45, 2.75) is 63.4 Å². The lowest BCUT2D eigenvalue weighted by Gasteiger charge is -2.54. The predicted octanol–water partition coefficient (Wildman–Crippen LogP) is 7.55. The molecular formula is C28H42O4S2. The summed E-state index contributed by atoms with van der Waals surface area (Å²) in [6.07, 6.45) is 9.15. The summed E-state index contributed by atoms with van der Waals surface area (Å²) in [5.41, 5.74) is 3.93. The lowest BCUT2D eigenvalue weighted by Crippen LogP contribution is -2.47. The second kappa shape index (κ2) is 11.6. The van der Waals surface area contributed by atoms with Crippen LogP contribution in [-0.2, 0) is 6.42 Å². The molecule has 2 fully saturated rings. The molecule has 6 heteroatoms. The van der Waals surface area contributed by atoms with Gasteiger partial charge in [0.1, 0.15) is 0 Å². The van der Waals surface area contributed by atoms with E-state index in [9.17, 15) is 0 Å². The van der Waals surface area contributed by atoms with Gasteiger partial charge >= 0.3 is 0 Å². The molecule has 1 heterocycles. The molecule has 0 amide bonds. The standard InChI is InChI=1S/C28H42O4S2/c1-19(12-13-22-25(31-7)23(29-5)17-24(30-6)26(22)32-8)18-28(33-15-10-16-34-28)27(4)14-9-11-20(2)21(27)3/h12,17,20H,3,9-11,13-16,18H2,1-2,4-8H3/b19-12+/t20-,27+/m1/s1. The van der Waals surface area contributed by atoms with E-state index in [1.54, 1.807) is 28.4 Å². The average Bonchev–Trinajstić information content (AvgIpc) is 2.85. The molecule has 2 atom stereocenters. The van der Waals surface area contributed by atoms with Gasteiger partial charge in [-0.2, -0.15) is 0 Å². The summed E-state index contributed by atoms with van der Waals surface area (Å²) in [5, 5.41) is 0. The molecule has 4 nitrogen and oxygen atoms in total. The maximum absolute atomic E-state index is 5.74. The van der Waals surface area contributed by atoms with Crippen molar-refractivity contribution in [2.24, 2.45) is 11.3 Å². The van der Waals surface area contributed by atoms with Crippen LogP contribution < -0.4 is 18.9 Å². The van der Waals surface area contributed by atoms with E-state index in [1.165, 1.54) is 48.3 Å².